The summed E-state index contributed by atoms with van der Waals surface area (Å²) in [7, 11) is 0. The van der Waals surface area contributed by atoms with Crippen LogP contribution in [0.3, 0.4) is 0 Å². The van der Waals surface area contributed by atoms with E-state index in [2.05, 4.69) is 0 Å². The van der Waals surface area contributed by atoms with Gasteiger partial charge in [0.25, 0.3) is 0 Å². The van der Waals surface area contributed by atoms with E-state index in [4.69, 9.17) is 17.3 Å². The fourth-order valence-electron chi connectivity index (χ4n) is 1.65. The van der Waals surface area contributed by atoms with Crippen LogP contribution >= 0.6 is 11.6 Å². The van der Waals surface area contributed by atoms with E-state index in [9.17, 15) is 4.39 Å². The third kappa shape index (κ3) is 2.07. The molecule has 1 aromatic rings. The van der Waals surface area contributed by atoms with Crippen molar-refractivity contribution in [3.8, 4) is 0 Å². The van der Waals surface area contributed by atoms with Crippen LogP contribution in [0.25, 0.3) is 0 Å². The predicted octanol–water partition coefficient (Wildman–Crippen LogP) is 3.28. The summed E-state index contributed by atoms with van der Waals surface area (Å²) < 4.78 is 13.1. The second kappa shape index (κ2) is 3.87. The lowest BCUT2D eigenvalue weighted by molar-refractivity contribution is 0.583. The Labute approximate surface area is 88.1 Å². The van der Waals surface area contributed by atoms with Crippen molar-refractivity contribution in [3.05, 3.63) is 34.6 Å². The van der Waals surface area contributed by atoms with Gasteiger partial charge in [-0.15, -0.1) is 0 Å². The predicted molar refractivity (Wildman–Crippen MR) is 55.7 cm³/mol. The average molecular weight is 214 g/mol. The van der Waals surface area contributed by atoms with Gasteiger partial charge < -0.3 is 5.73 Å². The molecule has 3 heteroatoms. The van der Waals surface area contributed by atoms with Crippen LogP contribution in [0.2, 0.25) is 5.02 Å². The molecule has 2 rings (SSSR count). The van der Waals surface area contributed by atoms with E-state index >= 15 is 0 Å². The normalized spacial score (nSPS) is 18.2. The third-order valence-corrected chi connectivity index (χ3v) is 3.06. The van der Waals surface area contributed by atoms with Gasteiger partial charge in [0.2, 0.25) is 0 Å². The molecule has 1 aliphatic carbocycles. The highest BCUT2D eigenvalue weighted by Gasteiger charge is 2.25. The van der Waals surface area contributed by atoms with Crippen LogP contribution in [0.4, 0.5) is 4.39 Å². The SMILES string of the molecule is N[C@@H](CC1CC1)c1cccc(F)c1Cl. The zero-order valence-corrected chi connectivity index (χ0v) is 8.60. The zero-order valence-electron chi connectivity index (χ0n) is 7.84. The molecule has 1 atom stereocenters. The molecule has 1 aliphatic rings. The van der Waals surface area contributed by atoms with E-state index in [0.717, 1.165) is 17.9 Å². The Hall–Kier alpha value is -0.600. The van der Waals surface area contributed by atoms with Gasteiger partial charge in [0.1, 0.15) is 5.82 Å². The standard InChI is InChI=1S/C11H13ClFN/c12-11-8(2-1-3-9(11)13)10(14)6-7-4-5-7/h1-3,7,10H,4-6,14H2/t10-/m0/s1. The monoisotopic (exact) mass is 213 g/mol. The highest BCUT2D eigenvalue weighted by atomic mass is 35.5. The first kappa shape index (κ1) is 9.94. The van der Waals surface area contributed by atoms with Gasteiger partial charge in [-0.1, -0.05) is 36.6 Å². The highest BCUT2D eigenvalue weighted by Crippen LogP contribution is 2.38. The molecule has 1 fully saturated rings. The van der Waals surface area contributed by atoms with Crippen LogP contribution in [0.5, 0.6) is 0 Å². The van der Waals surface area contributed by atoms with Gasteiger partial charge in [-0.3, -0.25) is 0 Å². The lowest BCUT2D eigenvalue weighted by Gasteiger charge is -2.13. The average Bonchev–Trinajstić information content (AvgIpc) is 2.93. The fourth-order valence-corrected chi connectivity index (χ4v) is 1.91. The molecule has 1 aromatic carbocycles. The smallest absolute Gasteiger partial charge is 0.142 e. The number of rotatable bonds is 3. The maximum atomic E-state index is 13.1. The Morgan fingerprint density at radius 2 is 2.21 bits per heavy atom. The Morgan fingerprint density at radius 1 is 1.50 bits per heavy atom. The number of hydrogen-bond donors (Lipinski definition) is 1. The lowest BCUT2D eigenvalue weighted by atomic mass is 10.0. The molecule has 0 unspecified atom stereocenters. The summed E-state index contributed by atoms with van der Waals surface area (Å²) in [5.74, 6) is 0.347. The summed E-state index contributed by atoms with van der Waals surface area (Å²) >= 11 is 5.84. The van der Waals surface area contributed by atoms with Gasteiger partial charge >= 0.3 is 0 Å². The Balaban J connectivity index is 2.16. The van der Waals surface area contributed by atoms with Crippen LogP contribution in [-0.2, 0) is 0 Å². The largest absolute Gasteiger partial charge is 0.324 e. The van der Waals surface area contributed by atoms with Crippen LogP contribution < -0.4 is 5.73 Å². The molecule has 0 heterocycles. The molecule has 76 valence electrons. The Bertz CT molecular complexity index is 336. The van der Waals surface area contributed by atoms with Crippen LogP contribution in [0.15, 0.2) is 18.2 Å². The topological polar surface area (TPSA) is 26.0 Å². The minimum absolute atomic E-state index is 0.120. The maximum absolute atomic E-state index is 13.1. The molecule has 0 radical (unpaired) electrons. The van der Waals surface area contributed by atoms with E-state index in [-0.39, 0.29) is 16.9 Å². The Kier molecular flexibility index (Phi) is 2.75. The lowest BCUT2D eigenvalue weighted by Crippen LogP contribution is -2.11. The first-order chi connectivity index (χ1) is 6.68. The van der Waals surface area contributed by atoms with Gasteiger partial charge in [0.15, 0.2) is 0 Å². The summed E-state index contributed by atoms with van der Waals surface area (Å²) in [6.07, 6.45) is 3.42. The molecule has 1 saturated carbocycles. The van der Waals surface area contributed by atoms with Crippen LogP contribution in [-0.4, -0.2) is 0 Å². The van der Waals surface area contributed by atoms with Crippen LogP contribution in [0, 0.1) is 11.7 Å². The number of halogens is 2. The van der Waals surface area contributed by atoms with E-state index < -0.39 is 0 Å². The third-order valence-electron chi connectivity index (χ3n) is 2.67. The van der Waals surface area contributed by atoms with Gasteiger partial charge in [-0.05, 0) is 24.0 Å². The second-order valence-corrected chi connectivity index (χ2v) is 4.31. The molecule has 0 aliphatic heterocycles. The van der Waals surface area contributed by atoms with Crippen molar-refractivity contribution in [1.82, 2.24) is 0 Å². The molecule has 0 amide bonds. The number of nitrogens with two attached hydrogens (primary N) is 1. The summed E-state index contributed by atoms with van der Waals surface area (Å²) in [6, 6.07) is 4.70. The van der Waals surface area contributed by atoms with Gasteiger partial charge in [0.05, 0.1) is 5.02 Å². The molecule has 0 bridgehead atoms. The van der Waals surface area contributed by atoms with E-state index in [0.29, 0.717) is 0 Å². The van der Waals surface area contributed by atoms with Crippen molar-refractivity contribution in [2.45, 2.75) is 25.3 Å². The molecular formula is C11H13ClFN. The molecule has 14 heavy (non-hydrogen) atoms. The first-order valence-electron chi connectivity index (χ1n) is 4.88. The first-order valence-corrected chi connectivity index (χ1v) is 5.25. The van der Waals surface area contributed by atoms with Gasteiger partial charge in [0, 0.05) is 6.04 Å². The number of hydrogen-bond acceptors (Lipinski definition) is 1. The van der Waals surface area contributed by atoms with Crippen molar-refractivity contribution in [2.75, 3.05) is 0 Å². The molecule has 2 N–H and O–H groups in total. The van der Waals surface area contributed by atoms with E-state index in [1.807, 2.05) is 0 Å². The summed E-state index contributed by atoms with van der Waals surface area (Å²) in [5.41, 5.74) is 6.69. The highest BCUT2D eigenvalue weighted by molar-refractivity contribution is 6.31. The summed E-state index contributed by atoms with van der Waals surface area (Å²) in [5, 5.41) is 0.181. The second-order valence-electron chi connectivity index (χ2n) is 3.93. The van der Waals surface area contributed by atoms with Crippen molar-refractivity contribution >= 4 is 11.6 Å². The molecular weight excluding hydrogens is 201 g/mol. The van der Waals surface area contributed by atoms with E-state index in [1.165, 1.54) is 18.9 Å². The maximum Gasteiger partial charge on any atom is 0.142 e. The van der Waals surface area contributed by atoms with Crippen molar-refractivity contribution in [1.29, 1.82) is 0 Å². The zero-order chi connectivity index (χ0) is 10.1. The molecule has 1 nitrogen and oxygen atoms in total. The van der Waals surface area contributed by atoms with Crippen molar-refractivity contribution in [2.24, 2.45) is 11.7 Å². The van der Waals surface area contributed by atoms with Gasteiger partial charge in [-0.2, -0.15) is 0 Å². The quantitative estimate of drug-likeness (QED) is 0.820. The summed E-state index contributed by atoms with van der Waals surface area (Å²) in [4.78, 5) is 0. The molecule has 0 spiro atoms. The molecule has 0 aromatic heterocycles. The van der Waals surface area contributed by atoms with Crippen molar-refractivity contribution < 1.29 is 4.39 Å². The Morgan fingerprint density at radius 3 is 2.86 bits per heavy atom. The fraction of sp³-hybridized carbons (Fsp3) is 0.455. The number of benzene rings is 1. The molecule has 0 saturated heterocycles. The van der Waals surface area contributed by atoms with Crippen molar-refractivity contribution in [3.63, 3.8) is 0 Å². The van der Waals surface area contributed by atoms with E-state index in [1.54, 1.807) is 12.1 Å². The minimum Gasteiger partial charge on any atom is -0.324 e. The van der Waals surface area contributed by atoms with Gasteiger partial charge in [-0.25, -0.2) is 4.39 Å². The van der Waals surface area contributed by atoms with Crippen LogP contribution in [0.1, 0.15) is 30.9 Å². The minimum atomic E-state index is -0.379. The summed E-state index contributed by atoms with van der Waals surface area (Å²) in [6.45, 7) is 0.